The number of hydrogen-bond acceptors (Lipinski definition) is 2. The number of hydrogen-bond donors (Lipinski definition) is 1. The summed E-state index contributed by atoms with van der Waals surface area (Å²) in [6.45, 7) is 2.84. The van der Waals surface area contributed by atoms with Crippen molar-refractivity contribution >= 4 is 12.2 Å². The average molecular weight is 467 g/mol. The Kier molecular flexibility index (Phi) is 7.86. The Labute approximate surface area is 198 Å². The zero-order chi connectivity index (χ0) is 24.1. The second kappa shape index (κ2) is 11.0. The van der Waals surface area contributed by atoms with E-state index in [-0.39, 0.29) is 23.4 Å². The fraction of sp³-hybridized carbons (Fsp3) is 0.310. The van der Waals surface area contributed by atoms with Gasteiger partial charge < -0.3 is 9.84 Å². The van der Waals surface area contributed by atoms with Crippen molar-refractivity contribution < 1.29 is 23.0 Å². The SMILES string of the molecule is CCOCc1ccc(/C=C/c2ccc(-c3ccc(C4CCC(O)CC4)c(F)c3F)cc2)c(F)c1. The first kappa shape index (κ1) is 24.2. The van der Waals surface area contributed by atoms with Crippen molar-refractivity contribution in [1.82, 2.24) is 0 Å². The van der Waals surface area contributed by atoms with Gasteiger partial charge in [0.2, 0.25) is 0 Å². The maximum Gasteiger partial charge on any atom is 0.166 e. The van der Waals surface area contributed by atoms with E-state index in [1.165, 1.54) is 6.07 Å². The Bertz CT molecular complexity index is 1150. The van der Waals surface area contributed by atoms with Crippen molar-refractivity contribution in [2.75, 3.05) is 6.61 Å². The molecule has 1 aliphatic carbocycles. The molecule has 1 aliphatic rings. The lowest BCUT2D eigenvalue weighted by molar-refractivity contribution is 0.122. The lowest BCUT2D eigenvalue weighted by Crippen LogP contribution is -2.18. The van der Waals surface area contributed by atoms with E-state index in [1.807, 2.05) is 13.0 Å². The summed E-state index contributed by atoms with van der Waals surface area (Å²) in [5.41, 5.74) is 3.24. The predicted octanol–water partition coefficient (Wildman–Crippen LogP) is 7.50. The zero-order valence-electron chi connectivity index (χ0n) is 19.2. The summed E-state index contributed by atoms with van der Waals surface area (Å²) in [7, 11) is 0. The smallest absolute Gasteiger partial charge is 0.166 e. The molecule has 0 spiro atoms. The molecule has 34 heavy (non-hydrogen) atoms. The van der Waals surface area contributed by atoms with Crippen molar-refractivity contribution in [2.24, 2.45) is 0 Å². The summed E-state index contributed by atoms with van der Waals surface area (Å²) >= 11 is 0. The van der Waals surface area contributed by atoms with E-state index in [0.29, 0.717) is 55.6 Å². The van der Waals surface area contributed by atoms with Crippen LogP contribution in [-0.2, 0) is 11.3 Å². The molecule has 0 aliphatic heterocycles. The summed E-state index contributed by atoms with van der Waals surface area (Å²) in [6, 6.07) is 15.4. The molecule has 0 aromatic heterocycles. The van der Waals surface area contributed by atoms with E-state index in [2.05, 4.69) is 0 Å². The molecule has 178 valence electrons. The number of aliphatic hydroxyl groups excluding tert-OH is 1. The molecule has 1 saturated carbocycles. The number of benzene rings is 3. The second-order valence-corrected chi connectivity index (χ2v) is 8.78. The van der Waals surface area contributed by atoms with Gasteiger partial charge in [0.05, 0.1) is 12.7 Å². The van der Waals surface area contributed by atoms with Gasteiger partial charge >= 0.3 is 0 Å². The highest BCUT2D eigenvalue weighted by Crippen LogP contribution is 2.37. The molecule has 0 radical (unpaired) electrons. The van der Waals surface area contributed by atoms with Crippen LogP contribution in [0.1, 0.15) is 60.8 Å². The molecule has 0 amide bonds. The molecule has 0 saturated heterocycles. The summed E-state index contributed by atoms with van der Waals surface area (Å²) < 4.78 is 49.4. The summed E-state index contributed by atoms with van der Waals surface area (Å²) in [6.07, 6.45) is 5.68. The number of halogens is 3. The Morgan fingerprint density at radius 2 is 1.62 bits per heavy atom. The van der Waals surface area contributed by atoms with Gasteiger partial charge in [-0.3, -0.25) is 0 Å². The molecule has 1 N–H and O–H groups in total. The second-order valence-electron chi connectivity index (χ2n) is 8.78. The van der Waals surface area contributed by atoms with Crippen LogP contribution in [0.4, 0.5) is 13.2 Å². The van der Waals surface area contributed by atoms with E-state index >= 15 is 0 Å². The quantitative estimate of drug-likeness (QED) is 0.366. The third kappa shape index (κ3) is 5.60. The van der Waals surface area contributed by atoms with Crippen LogP contribution in [0.15, 0.2) is 54.6 Å². The van der Waals surface area contributed by atoms with Crippen LogP contribution in [0.3, 0.4) is 0 Å². The topological polar surface area (TPSA) is 29.5 Å². The van der Waals surface area contributed by atoms with Crippen LogP contribution in [-0.4, -0.2) is 17.8 Å². The molecule has 0 bridgehead atoms. The Morgan fingerprint density at radius 3 is 2.29 bits per heavy atom. The van der Waals surface area contributed by atoms with Crippen molar-refractivity contribution in [3.63, 3.8) is 0 Å². The van der Waals surface area contributed by atoms with Gasteiger partial charge in [-0.1, -0.05) is 60.7 Å². The van der Waals surface area contributed by atoms with Crippen LogP contribution < -0.4 is 0 Å². The molecule has 0 unspecified atom stereocenters. The summed E-state index contributed by atoms with van der Waals surface area (Å²) in [5, 5.41) is 9.67. The molecule has 3 aromatic rings. The molecule has 1 fully saturated rings. The van der Waals surface area contributed by atoms with Gasteiger partial charge in [-0.25, -0.2) is 13.2 Å². The maximum atomic E-state index is 14.9. The van der Waals surface area contributed by atoms with E-state index in [4.69, 9.17) is 4.74 Å². The summed E-state index contributed by atoms with van der Waals surface area (Å²) in [4.78, 5) is 0. The number of rotatable bonds is 7. The maximum absolute atomic E-state index is 14.9. The highest BCUT2D eigenvalue weighted by molar-refractivity contribution is 5.72. The molecule has 0 heterocycles. The van der Waals surface area contributed by atoms with Gasteiger partial charge in [0.25, 0.3) is 0 Å². The van der Waals surface area contributed by atoms with Crippen LogP contribution in [0.25, 0.3) is 23.3 Å². The molecule has 4 rings (SSSR count). The minimum atomic E-state index is -0.846. The monoisotopic (exact) mass is 466 g/mol. The molecule has 2 nitrogen and oxygen atoms in total. The van der Waals surface area contributed by atoms with Crippen LogP contribution in [0, 0.1) is 17.5 Å². The van der Waals surface area contributed by atoms with E-state index < -0.39 is 11.6 Å². The van der Waals surface area contributed by atoms with E-state index in [9.17, 15) is 18.3 Å². The van der Waals surface area contributed by atoms with Gasteiger partial charge in [-0.05, 0) is 66.8 Å². The number of aliphatic hydroxyl groups is 1. The van der Waals surface area contributed by atoms with Gasteiger partial charge in [0.15, 0.2) is 11.6 Å². The van der Waals surface area contributed by atoms with Gasteiger partial charge in [-0.2, -0.15) is 0 Å². The lowest BCUT2D eigenvalue weighted by atomic mass is 9.82. The van der Waals surface area contributed by atoms with Gasteiger partial charge in [0, 0.05) is 17.7 Å². The molecule has 0 atom stereocenters. The Balaban J connectivity index is 1.48. The van der Waals surface area contributed by atoms with Crippen molar-refractivity contribution in [1.29, 1.82) is 0 Å². The van der Waals surface area contributed by atoms with Crippen molar-refractivity contribution in [3.8, 4) is 11.1 Å². The predicted molar refractivity (Wildman–Crippen MR) is 130 cm³/mol. The first-order valence-electron chi connectivity index (χ1n) is 11.8. The highest BCUT2D eigenvalue weighted by atomic mass is 19.2. The number of ether oxygens (including phenoxy) is 1. The molecular formula is C29H29F3O2. The first-order valence-corrected chi connectivity index (χ1v) is 11.8. The van der Waals surface area contributed by atoms with E-state index in [1.54, 1.807) is 54.6 Å². The third-order valence-electron chi connectivity index (χ3n) is 6.46. The Morgan fingerprint density at radius 1 is 0.882 bits per heavy atom. The molecule has 5 heteroatoms. The van der Waals surface area contributed by atoms with Crippen molar-refractivity contribution in [2.45, 2.75) is 51.2 Å². The highest BCUT2D eigenvalue weighted by Gasteiger charge is 2.25. The van der Waals surface area contributed by atoms with E-state index in [0.717, 1.165) is 11.1 Å². The lowest BCUT2D eigenvalue weighted by Gasteiger charge is -2.26. The fourth-order valence-corrected chi connectivity index (χ4v) is 4.46. The van der Waals surface area contributed by atoms with Crippen LogP contribution >= 0.6 is 0 Å². The average Bonchev–Trinajstić information content (AvgIpc) is 2.85. The van der Waals surface area contributed by atoms with Crippen molar-refractivity contribution in [3.05, 3.63) is 94.3 Å². The summed E-state index contributed by atoms with van der Waals surface area (Å²) in [5.74, 6) is -2.03. The molecular weight excluding hydrogens is 437 g/mol. The first-order chi connectivity index (χ1) is 16.5. The Hall–Kier alpha value is -2.89. The standard InChI is InChI=1S/C29H29F3O2/c1-2-34-18-20-6-10-23(27(30)17-20)9-5-19-3-7-21(8-4-19)25-15-16-26(29(32)28(25)31)22-11-13-24(33)14-12-22/h3-10,15-17,22,24,33H,2,11-14,18H2,1H3/b9-5+. The van der Waals surface area contributed by atoms with Crippen LogP contribution in [0.5, 0.6) is 0 Å². The van der Waals surface area contributed by atoms with Crippen LogP contribution in [0.2, 0.25) is 0 Å². The largest absolute Gasteiger partial charge is 0.393 e. The zero-order valence-corrected chi connectivity index (χ0v) is 19.2. The minimum absolute atomic E-state index is 0.0619. The third-order valence-corrected chi connectivity index (χ3v) is 6.46. The normalized spacial score (nSPS) is 18.5. The molecule has 3 aromatic carbocycles. The van der Waals surface area contributed by atoms with Gasteiger partial charge in [0.1, 0.15) is 5.82 Å². The fourth-order valence-electron chi connectivity index (χ4n) is 4.46. The minimum Gasteiger partial charge on any atom is -0.393 e. The van der Waals surface area contributed by atoms with Gasteiger partial charge in [-0.15, -0.1) is 0 Å².